The number of amides is 2. The first-order valence-corrected chi connectivity index (χ1v) is 11.4. The van der Waals surface area contributed by atoms with E-state index in [2.05, 4.69) is 0 Å². The first-order chi connectivity index (χ1) is 16.8. The molecule has 0 radical (unpaired) electrons. The number of esters is 2. The van der Waals surface area contributed by atoms with Gasteiger partial charge in [0.25, 0.3) is 0 Å². The monoisotopic (exact) mass is 467 g/mol. The summed E-state index contributed by atoms with van der Waals surface area (Å²) in [6.45, 7) is 2.48. The number of nitrogens with zero attached hydrogens (tertiary/aromatic N) is 1. The van der Waals surface area contributed by atoms with Gasteiger partial charge in [-0.15, -0.1) is 0 Å². The Bertz CT molecular complexity index is 1290. The molecule has 2 amide bonds. The van der Waals surface area contributed by atoms with Crippen LogP contribution in [0.25, 0.3) is 0 Å². The van der Waals surface area contributed by atoms with Gasteiger partial charge < -0.3 is 9.47 Å². The quantitative estimate of drug-likeness (QED) is 0.329. The number of hydrogen-bond acceptors (Lipinski definition) is 6. The Balaban J connectivity index is 1.49. The van der Waals surface area contributed by atoms with Crippen LogP contribution in [-0.4, -0.2) is 23.8 Å². The number of carbonyl (C=O) groups is 4. The number of imide groups is 1. The number of ether oxygens (including phenoxy) is 2. The van der Waals surface area contributed by atoms with Crippen LogP contribution in [0.5, 0.6) is 11.5 Å². The lowest BCUT2D eigenvalue weighted by Crippen LogP contribution is -2.41. The van der Waals surface area contributed by atoms with Gasteiger partial charge in [0.1, 0.15) is 11.5 Å². The highest BCUT2D eigenvalue weighted by atomic mass is 16.5. The lowest BCUT2D eigenvalue weighted by molar-refractivity contribution is -0.132. The molecule has 1 saturated heterocycles. The zero-order chi connectivity index (χ0) is 24.4. The van der Waals surface area contributed by atoms with Crippen LogP contribution >= 0.6 is 0 Å². The molecule has 2 atom stereocenters. The molecule has 7 rings (SSSR count). The van der Waals surface area contributed by atoms with E-state index in [4.69, 9.17) is 9.47 Å². The molecular formula is C28H21NO6. The van der Waals surface area contributed by atoms with Gasteiger partial charge in [-0.3, -0.25) is 19.2 Å². The van der Waals surface area contributed by atoms with Crippen LogP contribution < -0.4 is 14.4 Å². The molecule has 7 heteroatoms. The maximum absolute atomic E-state index is 13.9. The van der Waals surface area contributed by atoms with E-state index in [1.54, 1.807) is 0 Å². The van der Waals surface area contributed by atoms with E-state index in [9.17, 15) is 19.2 Å². The van der Waals surface area contributed by atoms with Crippen LogP contribution in [0, 0.1) is 11.8 Å². The molecule has 3 aromatic carbocycles. The lowest BCUT2D eigenvalue weighted by Gasteiger charge is -2.45. The van der Waals surface area contributed by atoms with Crippen LogP contribution in [0.4, 0.5) is 5.69 Å². The number of rotatable bonds is 3. The van der Waals surface area contributed by atoms with E-state index >= 15 is 0 Å². The molecule has 4 aliphatic rings. The molecule has 0 aromatic heterocycles. The standard InChI is InChI=1S/C28H21NO6/c1-14(30)34-17-11-16(12-18(13-17)35-15(2)31)29-27(32)25-23-19-7-3-4-8-20(19)24(26(25)28(29)33)22-10-6-5-9-21(22)23/h3-13,23-26H,1-2H3/t23?,24?,25-,26-/m1/s1. The van der Waals surface area contributed by atoms with Gasteiger partial charge in [-0.25, -0.2) is 4.90 Å². The molecule has 3 aliphatic carbocycles. The van der Waals surface area contributed by atoms with Crippen molar-refractivity contribution in [3.05, 3.63) is 89.0 Å². The Labute approximate surface area is 201 Å². The zero-order valence-electron chi connectivity index (χ0n) is 19.1. The van der Waals surface area contributed by atoms with Crippen LogP contribution in [-0.2, 0) is 19.2 Å². The van der Waals surface area contributed by atoms with Crippen molar-refractivity contribution in [1.82, 2.24) is 0 Å². The highest BCUT2D eigenvalue weighted by molar-refractivity contribution is 6.23. The molecule has 0 spiro atoms. The average molecular weight is 467 g/mol. The van der Waals surface area contributed by atoms with E-state index in [1.807, 2.05) is 48.5 Å². The van der Waals surface area contributed by atoms with Crippen molar-refractivity contribution >= 4 is 29.4 Å². The summed E-state index contributed by atoms with van der Waals surface area (Å²) >= 11 is 0. The van der Waals surface area contributed by atoms with Gasteiger partial charge in [-0.1, -0.05) is 48.5 Å². The second kappa shape index (κ2) is 7.63. The third-order valence-electron chi connectivity index (χ3n) is 7.09. The molecule has 7 nitrogen and oxygen atoms in total. The first-order valence-electron chi connectivity index (χ1n) is 11.4. The summed E-state index contributed by atoms with van der Waals surface area (Å²) in [7, 11) is 0. The third-order valence-corrected chi connectivity index (χ3v) is 7.09. The summed E-state index contributed by atoms with van der Waals surface area (Å²) < 4.78 is 10.4. The lowest BCUT2D eigenvalue weighted by atomic mass is 9.55. The predicted octanol–water partition coefficient (Wildman–Crippen LogP) is 3.93. The molecular weight excluding hydrogens is 446 g/mol. The van der Waals surface area contributed by atoms with Gasteiger partial charge in [-0.05, 0) is 22.3 Å². The molecule has 35 heavy (non-hydrogen) atoms. The molecule has 0 unspecified atom stereocenters. The van der Waals surface area contributed by atoms with Crippen molar-refractivity contribution in [2.45, 2.75) is 25.7 Å². The summed E-state index contributed by atoms with van der Waals surface area (Å²) in [5, 5.41) is 0. The predicted molar refractivity (Wildman–Crippen MR) is 125 cm³/mol. The smallest absolute Gasteiger partial charge is 0.308 e. The minimum atomic E-state index is -0.576. The minimum Gasteiger partial charge on any atom is -0.427 e. The zero-order valence-corrected chi connectivity index (χ0v) is 19.1. The molecule has 1 heterocycles. The van der Waals surface area contributed by atoms with Crippen LogP contribution in [0.15, 0.2) is 66.7 Å². The fraction of sp³-hybridized carbons (Fsp3) is 0.214. The Hall–Kier alpha value is -4.26. The van der Waals surface area contributed by atoms with Crippen molar-refractivity contribution < 1.29 is 28.7 Å². The normalized spacial score (nSPS) is 23.4. The van der Waals surface area contributed by atoms with Gasteiger partial charge in [0.15, 0.2) is 0 Å². The molecule has 1 aliphatic heterocycles. The largest absolute Gasteiger partial charge is 0.427 e. The number of hydrogen-bond donors (Lipinski definition) is 0. The average Bonchev–Trinajstić information content (AvgIpc) is 3.08. The second-order valence-electron chi connectivity index (χ2n) is 9.13. The first kappa shape index (κ1) is 21.3. The van der Waals surface area contributed by atoms with Crippen molar-refractivity contribution in [1.29, 1.82) is 0 Å². The summed E-state index contributed by atoms with van der Waals surface area (Å²) in [5.41, 5.74) is 4.52. The van der Waals surface area contributed by atoms with Crippen molar-refractivity contribution in [2.75, 3.05) is 4.90 Å². The molecule has 0 saturated carbocycles. The van der Waals surface area contributed by atoms with Gasteiger partial charge in [0.05, 0.1) is 17.5 Å². The van der Waals surface area contributed by atoms with E-state index in [0.29, 0.717) is 0 Å². The summed E-state index contributed by atoms with van der Waals surface area (Å²) in [6, 6.07) is 20.3. The summed E-state index contributed by atoms with van der Waals surface area (Å²) in [4.78, 5) is 52.2. The maximum Gasteiger partial charge on any atom is 0.308 e. The van der Waals surface area contributed by atoms with Crippen molar-refractivity contribution in [2.24, 2.45) is 11.8 Å². The third kappa shape index (κ3) is 3.11. The topological polar surface area (TPSA) is 90.0 Å². The molecule has 1 fully saturated rings. The molecule has 3 aromatic rings. The van der Waals surface area contributed by atoms with Crippen LogP contribution in [0.2, 0.25) is 0 Å². The highest BCUT2D eigenvalue weighted by Crippen LogP contribution is 2.61. The van der Waals surface area contributed by atoms with Crippen LogP contribution in [0.1, 0.15) is 47.9 Å². The number of anilines is 1. The van der Waals surface area contributed by atoms with E-state index in [1.165, 1.54) is 32.0 Å². The maximum atomic E-state index is 13.9. The van der Waals surface area contributed by atoms with Gasteiger partial charge in [0.2, 0.25) is 11.8 Å². The number of carbonyl (C=O) groups excluding carboxylic acids is 4. The van der Waals surface area contributed by atoms with E-state index < -0.39 is 23.8 Å². The second-order valence-corrected chi connectivity index (χ2v) is 9.13. The van der Waals surface area contributed by atoms with E-state index in [0.717, 1.165) is 27.2 Å². The van der Waals surface area contributed by atoms with Gasteiger partial charge in [-0.2, -0.15) is 0 Å². The Kier molecular flexibility index (Phi) is 4.64. The Morgan fingerprint density at radius 1 is 0.657 bits per heavy atom. The van der Waals surface area contributed by atoms with Crippen LogP contribution in [0.3, 0.4) is 0 Å². The fourth-order valence-corrected chi connectivity index (χ4v) is 6.07. The molecule has 2 bridgehead atoms. The van der Waals surface area contributed by atoms with Crippen molar-refractivity contribution in [3.63, 3.8) is 0 Å². The van der Waals surface area contributed by atoms with Gasteiger partial charge in [0, 0.05) is 43.9 Å². The minimum absolute atomic E-state index is 0.0799. The fourth-order valence-electron chi connectivity index (χ4n) is 6.07. The van der Waals surface area contributed by atoms with Crippen molar-refractivity contribution in [3.8, 4) is 11.5 Å². The Morgan fingerprint density at radius 2 is 1.03 bits per heavy atom. The Morgan fingerprint density at radius 3 is 1.37 bits per heavy atom. The SMILES string of the molecule is CC(=O)Oc1cc(OC(C)=O)cc(N2C(=O)[C@@H]3C4c5ccccc5C(c5ccccc54)[C@H]3C2=O)c1. The molecule has 174 valence electrons. The molecule has 0 N–H and O–H groups in total. The summed E-state index contributed by atoms with van der Waals surface area (Å²) in [6.07, 6.45) is 0. The highest BCUT2D eigenvalue weighted by Gasteiger charge is 2.61. The van der Waals surface area contributed by atoms with E-state index in [-0.39, 0.29) is 40.8 Å². The van der Waals surface area contributed by atoms with Gasteiger partial charge >= 0.3 is 11.9 Å². The summed E-state index contributed by atoms with van der Waals surface area (Å²) in [5.74, 6) is -3.18. The number of benzene rings is 3.